The number of oxime groups is 1. The second-order valence-electron chi connectivity index (χ2n) is 4.32. The van der Waals surface area contributed by atoms with Gasteiger partial charge in [0.1, 0.15) is 0 Å². The smallest absolute Gasteiger partial charge is 0.333 e. The number of carbonyl (C=O) groups excluding carboxylic acids is 2. The highest BCUT2D eigenvalue weighted by Crippen LogP contribution is 2.42. The van der Waals surface area contributed by atoms with Gasteiger partial charge in [-0.15, -0.1) is 0 Å². The maximum absolute atomic E-state index is 12.4. The Kier molecular flexibility index (Phi) is 4.52. The molecule has 0 radical (unpaired) electrons. The van der Waals surface area contributed by atoms with Gasteiger partial charge in [0.05, 0.1) is 19.4 Å². The highest BCUT2D eigenvalue weighted by Gasteiger charge is 2.59. The van der Waals surface area contributed by atoms with Gasteiger partial charge in [-0.2, -0.15) is 0 Å². The normalized spacial score (nSPS) is 18.9. The molecule has 1 atom stereocenters. The van der Waals surface area contributed by atoms with E-state index in [4.69, 9.17) is 14.3 Å². The Morgan fingerprint density at radius 2 is 1.95 bits per heavy atom. The van der Waals surface area contributed by atoms with Crippen LogP contribution in [-0.4, -0.2) is 36.4 Å². The fourth-order valence-electron chi connectivity index (χ4n) is 2.08. The Morgan fingerprint density at radius 3 is 2.48 bits per heavy atom. The van der Waals surface area contributed by atoms with Gasteiger partial charge in [0.25, 0.3) is 0 Å². The molecule has 1 aromatic heterocycles. The molecule has 0 N–H and O–H groups in total. The summed E-state index contributed by atoms with van der Waals surface area (Å²) >= 11 is 0. The molecule has 1 aromatic rings. The Balaban J connectivity index is 2.44. The summed E-state index contributed by atoms with van der Waals surface area (Å²) in [5, 5.41) is 3.65. The molecule has 0 aliphatic carbocycles. The molecule has 0 saturated heterocycles. The number of carbonyl (C=O) groups is 2. The lowest BCUT2D eigenvalue weighted by molar-refractivity contribution is -0.173. The van der Waals surface area contributed by atoms with Crippen LogP contribution in [0.15, 0.2) is 29.7 Å². The van der Waals surface area contributed by atoms with E-state index in [1.54, 1.807) is 32.2 Å². The standard InChI is InChI=1S/C14H16N2O5/c1-3-19-12(17)14(13(18)20-4-2)9-16-21-11(14)10-6-5-7-15-8-10/h5-9,11H,3-4H2,1-2H3. The summed E-state index contributed by atoms with van der Waals surface area (Å²) in [6.45, 7) is 3.58. The first-order valence-electron chi connectivity index (χ1n) is 6.61. The van der Waals surface area contributed by atoms with Gasteiger partial charge in [0.15, 0.2) is 6.10 Å². The van der Waals surface area contributed by atoms with Crippen molar-refractivity contribution in [2.75, 3.05) is 13.2 Å². The fourth-order valence-corrected chi connectivity index (χ4v) is 2.08. The summed E-state index contributed by atoms with van der Waals surface area (Å²) in [6, 6.07) is 3.37. The van der Waals surface area contributed by atoms with E-state index < -0.39 is 23.5 Å². The summed E-state index contributed by atoms with van der Waals surface area (Å²) in [5.41, 5.74) is -1.20. The zero-order chi connectivity index (χ0) is 15.3. The molecule has 2 heterocycles. The number of hydrogen-bond donors (Lipinski definition) is 0. The van der Waals surface area contributed by atoms with Crippen LogP contribution in [0.4, 0.5) is 0 Å². The van der Waals surface area contributed by atoms with E-state index in [0.29, 0.717) is 5.56 Å². The first-order valence-corrected chi connectivity index (χ1v) is 6.61. The van der Waals surface area contributed by atoms with Crippen molar-refractivity contribution >= 4 is 18.2 Å². The van der Waals surface area contributed by atoms with Crippen LogP contribution < -0.4 is 0 Å². The molecule has 0 aromatic carbocycles. The van der Waals surface area contributed by atoms with Gasteiger partial charge in [-0.05, 0) is 19.9 Å². The van der Waals surface area contributed by atoms with E-state index in [9.17, 15) is 9.59 Å². The van der Waals surface area contributed by atoms with Crippen LogP contribution in [0.5, 0.6) is 0 Å². The average Bonchev–Trinajstić information content (AvgIpc) is 2.94. The van der Waals surface area contributed by atoms with Crippen molar-refractivity contribution in [3.8, 4) is 0 Å². The first-order chi connectivity index (χ1) is 10.2. The summed E-state index contributed by atoms with van der Waals surface area (Å²) in [6.07, 6.45) is 3.27. The molecule has 0 saturated carbocycles. The third-order valence-corrected chi connectivity index (χ3v) is 3.05. The molecule has 1 aliphatic rings. The lowest BCUT2D eigenvalue weighted by atomic mass is 9.80. The molecule has 0 spiro atoms. The van der Waals surface area contributed by atoms with Crippen LogP contribution in [-0.2, 0) is 23.9 Å². The lowest BCUT2D eigenvalue weighted by Crippen LogP contribution is -2.46. The predicted molar refractivity (Wildman–Crippen MR) is 72.3 cm³/mol. The predicted octanol–water partition coefficient (Wildman–Crippen LogP) is 1.25. The van der Waals surface area contributed by atoms with Crippen molar-refractivity contribution in [2.24, 2.45) is 10.6 Å². The highest BCUT2D eigenvalue weighted by atomic mass is 16.7. The van der Waals surface area contributed by atoms with Crippen LogP contribution in [0.3, 0.4) is 0 Å². The van der Waals surface area contributed by atoms with Crippen LogP contribution in [0.25, 0.3) is 0 Å². The van der Waals surface area contributed by atoms with Crippen molar-refractivity contribution in [3.05, 3.63) is 30.1 Å². The fraction of sp³-hybridized carbons (Fsp3) is 0.429. The molecule has 7 nitrogen and oxygen atoms in total. The van der Waals surface area contributed by atoms with E-state index in [-0.39, 0.29) is 13.2 Å². The number of pyridine rings is 1. The van der Waals surface area contributed by atoms with Crippen molar-refractivity contribution in [3.63, 3.8) is 0 Å². The van der Waals surface area contributed by atoms with Gasteiger partial charge in [0, 0.05) is 18.0 Å². The molecular weight excluding hydrogens is 276 g/mol. The topological polar surface area (TPSA) is 87.1 Å². The maximum atomic E-state index is 12.4. The van der Waals surface area contributed by atoms with E-state index in [2.05, 4.69) is 10.1 Å². The van der Waals surface area contributed by atoms with Crippen molar-refractivity contribution < 1.29 is 23.9 Å². The number of aromatic nitrogens is 1. The van der Waals surface area contributed by atoms with Crippen LogP contribution in [0, 0.1) is 5.41 Å². The molecular formula is C14H16N2O5. The second-order valence-corrected chi connectivity index (χ2v) is 4.32. The Hall–Kier alpha value is -2.44. The van der Waals surface area contributed by atoms with Gasteiger partial charge in [-0.1, -0.05) is 11.2 Å². The number of hydrogen-bond acceptors (Lipinski definition) is 7. The monoisotopic (exact) mass is 292 g/mol. The van der Waals surface area contributed by atoms with E-state index >= 15 is 0 Å². The molecule has 2 rings (SSSR count). The Morgan fingerprint density at radius 1 is 1.29 bits per heavy atom. The van der Waals surface area contributed by atoms with Crippen molar-refractivity contribution in [2.45, 2.75) is 20.0 Å². The average molecular weight is 292 g/mol. The molecule has 0 amide bonds. The van der Waals surface area contributed by atoms with Gasteiger partial charge >= 0.3 is 11.9 Å². The number of ether oxygens (including phenoxy) is 2. The zero-order valence-electron chi connectivity index (χ0n) is 11.8. The largest absolute Gasteiger partial charge is 0.465 e. The van der Waals surface area contributed by atoms with Crippen molar-refractivity contribution in [1.82, 2.24) is 4.98 Å². The highest BCUT2D eigenvalue weighted by molar-refractivity contribution is 6.16. The SMILES string of the molecule is CCOC(=O)C1(C(=O)OCC)C=NOC1c1cccnc1. The van der Waals surface area contributed by atoms with Gasteiger partial charge in [-0.25, -0.2) is 0 Å². The van der Waals surface area contributed by atoms with E-state index in [1.807, 2.05) is 0 Å². The number of esters is 2. The van der Waals surface area contributed by atoms with Gasteiger partial charge < -0.3 is 14.3 Å². The summed E-state index contributed by atoms with van der Waals surface area (Å²) < 4.78 is 10.0. The van der Waals surface area contributed by atoms with Gasteiger partial charge in [0.2, 0.25) is 5.41 Å². The first kappa shape index (κ1) is 15.0. The van der Waals surface area contributed by atoms with Crippen molar-refractivity contribution in [1.29, 1.82) is 0 Å². The number of rotatable bonds is 5. The molecule has 21 heavy (non-hydrogen) atoms. The molecule has 1 unspecified atom stereocenters. The summed E-state index contributed by atoms with van der Waals surface area (Å²) in [5.74, 6) is -1.50. The Bertz CT molecular complexity index is 526. The quantitative estimate of drug-likeness (QED) is 0.599. The van der Waals surface area contributed by atoms with Crippen LogP contribution in [0.2, 0.25) is 0 Å². The minimum Gasteiger partial charge on any atom is -0.465 e. The van der Waals surface area contributed by atoms with Crippen LogP contribution in [0.1, 0.15) is 25.5 Å². The summed E-state index contributed by atoms with van der Waals surface area (Å²) in [7, 11) is 0. The van der Waals surface area contributed by atoms with Crippen LogP contribution >= 0.6 is 0 Å². The lowest BCUT2D eigenvalue weighted by Gasteiger charge is -2.26. The van der Waals surface area contributed by atoms with Gasteiger partial charge in [-0.3, -0.25) is 14.6 Å². The number of nitrogens with zero attached hydrogens (tertiary/aromatic N) is 2. The molecule has 0 fully saturated rings. The molecule has 7 heteroatoms. The van der Waals surface area contributed by atoms with E-state index in [0.717, 1.165) is 6.21 Å². The summed E-state index contributed by atoms with van der Waals surface area (Å²) in [4.78, 5) is 33.9. The third kappa shape index (κ3) is 2.58. The molecule has 0 bridgehead atoms. The zero-order valence-corrected chi connectivity index (χ0v) is 11.8. The Labute approximate surface area is 121 Å². The molecule has 1 aliphatic heterocycles. The molecule has 112 valence electrons. The maximum Gasteiger partial charge on any atom is 0.333 e. The second kappa shape index (κ2) is 6.34. The third-order valence-electron chi connectivity index (χ3n) is 3.05. The van der Waals surface area contributed by atoms with E-state index in [1.165, 1.54) is 6.20 Å². The minimum absolute atomic E-state index is 0.133. The minimum atomic E-state index is -1.74.